The van der Waals surface area contributed by atoms with Crippen molar-refractivity contribution in [2.45, 2.75) is 26.3 Å². The average Bonchev–Trinajstić information content (AvgIpc) is 2.86. The van der Waals surface area contributed by atoms with Gasteiger partial charge in [0.25, 0.3) is 0 Å². The van der Waals surface area contributed by atoms with E-state index in [0.29, 0.717) is 24.4 Å². The summed E-state index contributed by atoms with van der Waals surface area (Å²) < 4.78 is 12.3. The van der Waals surface area contributed by atoms with Crippen LogP contribution in [-0.2, 0) is 6.54 Å². The van der Waals surface area contributed by atoms with E-state index < -0.39 is 0 Å². The van der Waals surface area contributed by atoms with Crippen molar-refractivity contribution in [1.82, 2.24) is 19.5 Å². The van der Waals surface area contributed by atoms with E-state index in [2.05, 4.69) is 33.4 Å². The van der Waals surface area contributed by atoms with Gasteiger partial charge >= 0.3 is 6.01 Å². The Hall–Kier alpha value is -2.11. The number of ether oxygens (including phenoxy) is 2. The van der Waals surface area contributed by atoms with Crippen LogP contribution >= 0.6 is 0 Å². The van der Waals surface area contributed by atoms with Crippen LogP contribution in [0, 0.1) is 0 Å². The highest BCUT2D eigenvalue weighted by atomic mass is 16.5. The highest BCUT2D eigenvalue weighted by Gasteiger charge is 2.10. The van der Waals surface area contributed by atoms with Crippen molar-refractivity contribution in [3.8, 4) is 11.9 Å². The molecule has 0 amide bonds. The lowest BCUT2D eigenvalue weighted by atomic mass is 10.2. The van der Waals surface area contributed by atoms with Crippen LogP contribution in [0.2, 0.25) is 0 Å². The molecule has 0 aromatic carbocycles. The molecule has 0 aliphatic heterocycles. The molecule has 0 radical (unpaired) electrons. The number of rotatable bonds is 5. The van der Waals surface area contributed by atoms with Crippen LogP contribution in [-0.4, -0.2) is 33.7 Å². The van der Waals surface area contributed by atoms with E-state index >= 15 is 0 Å². The fraction of sp³-hybridized carbons (Fsp3) is 0.462. The molecule has 0 aliphatic carbocycles. The van der Waals surface area contributed by atoms with E-state index in [1.165, 1.54) is 7.11 Å². The van der Waals surface area contributed by atoms with Gasteiger partial charge in [0.1, 0.15) is 5.82 Å². The van der Waals surface area contributed by atoms with E-state index in [4.69, 9.17) is 9.47 Å². The summed E-state index contributed by atoms with van der Waals surface area (Å²) in [5.41, 5.74) is 0.823. The molecule has 2 aromatic heterocycles. The molecule has 2 rings (SSSR count). The van der Waals surface area contributed by atoms with Crippen LogP contribution in [0.5, 0.6) is 11.9 Å². The fourth-order valence-corrected chi connectivity index (χ4v) is 1.86. The summed E-state index contributed by atoms with van der Waals surface area (Å²) in [7, 11) is 3.11. The normalized spacial score (nSPS) is 10.8. The second kappa shape index (κ2) is 5.69. The molecule has 19 heavy (non-hydrogen) atoms. The van der Waals surface area contributed by atoms with E-state index in [-0.39, 0.29) is 0 Å². The summed E-state index contributed by atoms with van der Waals surface area (Å²) in [4.78, 5) is 12.7. The maximum Gasteiger partial charge on any atom is 0.319 e. The second-order valence-electron chi connectivity index (χ2n) is 4.46. The van der Waals surface area contributed by atoms with E-state index in [0.717, 1.165) is 11.5 Å². The van der Waals surface area contributed by atoms with Gasteiger partial charge < -0.3 is 14.0 Å². The maximum absolute atomic E-state index is 5.14. The molecule has 0 spiro atoms. The minimum Gasteiger partial charge on any atom is -0.481 e. The first-order valence-electron chi connectivity index (χ1n) is 6.11. The Morgan fingerprint density at radius 3 is 2.63 bits per heavy atom. The summed E-state index contributed by atoms with van der Waals surface area (Å²) >= 11 is 0. The number of hydrogen-bond donors (Lipinski definition) is 0. The zero-order chi connectivity index (χ0) is 13.8. The number of nitrogens with zero attached hydrogens (tertiary/aromatic N) is 4. The van der Waals surface area contributed by atoms with Crippen molar-refractivity contribution < 1.29 is 9.47 Å². The molecular weight excluding hydrogens is 244 g/mol. The first-order valence-corrected chi connectivity index (χ1v) is 6.11. The maximum atomic E-state index is 5.14. The largest absolute Gasteiger partial charge is 0.481 e. The van der Waals surface area contributed by atoms with Gasteiger partial charge in [0.05, 0.1) is 26.5 Å². The third-order valence-electron chi connectivity index (χ3n) is 2.72. The van der Waals surface area contributed by atoms with Gasteiger partial charge in [0, 0.05) is 24.4 Å². The fourth-order valence-electron chi connectivity index (χ4n) is 1.86. The molecule has 0 saturated heterocycles. The van der Waals surface area contributed by atoms with Gasteiger partial charge in [-0.2, -0.15) is 9.97 Å². The molecule has 0 saturated carbocycles. The molecule has 102 valence electrons. The van der Waals surface area contributed by atoms with Crippen LogP contribution in [0.3, 0.4) is 0 Å². The summed E-state index contributed by atoms with van der Waals surface area (Å²) in [6.45, 7) is 4.84. The molecular formula is C13H18N4O2. The predicted octanol–water partition coefficient (Wildman–Crippen LogP) is 1.86. The highest BCUT2D eigenvalue weighted by molar-refractivity contribution is 5.19. The summed E-state index contributed by atoms with van der Waals surface area (Å²) in [5, 5.41) is 0. The first kappa shape index (κ1) is 13.3. The molecule has 0 fully saturated rings. The molecule has 0 atom stereocenters. The monoisotopic (exact) mass is 262 g/mol. The third-order valence-corrected chi connectivity index (χ3v) is 2.72. The molecule has 0 unspecified atom stereocenters. The van der Waals surface area contributed by atoms with Crippen molar-refractivity contribution in [3.63, 3.8) is 0 Å². The Morgan fingerprint density at radius 1 is 1.21 bits per heavy atom. The van der Waals surface area contributed by atoms with Crippen LogP contribution < -0.4 is 9.47 Å². The molecule has 0 N–H and O–H groups in total. The smallest absolute Gasteiger partial charge is 0.319 e. The Morgan fingerprint density at radius 2 is 2.00 bits per heavy atom. The topological polar surface area (TPSA) is 62.1 Å². The van der Waals surface area contributed by atoms with E-state index in [1.54, 1.807) is 19.4 Å². The molecule has 6 heteroatoms. The lowest BCUT2D eigenvalue weighted by molar-refractivity contribution is 0.349. The van der Waals surface area contributed by atoms with Crippen LogP contribution in [0.1, 0.15) is 31.3 Å². The Bertz CT molecular complexity index is 529. The SMILES string of the molecule is COc1cc(Cn2ccnc2C(C)C)nc(OC)n1. The van der Waals surface area contributed by atoms with E-state index in [1.807, 2.05) is 6.20 Å². The molecule has 0 aliphatic rings. The van der Waals surface area contributed by atoms with Gasteiger partial charge in [-0.25, -0.2) is 4.98 Å². The Balaban J connectivity index is 2.29. The quantitative estimate of drug-likeness (QED) is 0.823. The standard InChI is InChI=1S/C13H18N4O2/c1-9(2)12-14-5-6-17(12)8-10-7-11(18-3)16-13(15-10)19-4/h5-7,9H,8H2,1-4H3. The predicted molar refractivity (Wildman–Crippen MR) is 70.6 cm³/mol. The van der Waals surface area contributed by atoms with Crippen molar-refractivity contribution in [2.24, 2.45) is 0 Å². The molecule has 2 heterocycles. The average molecular weight is 262 g/mol. The van der Waals surface area contributed by atoms with Gasteiger partial charge in [-0.1, -0.05) is 13.8 Å². The van der Waals surface area contributed by atoms with Gasteiger partial charge in [0.15, 0.2) is 0 Å². The van der Waals surface area contributed by atoms with Gasteiger partial charge in [-0.3, -0.25) is 0 Å². The minimum atomic E-state index is 0.306. The zero-order valence-electron chi connectivity index (χ0n) is 11.6. The lowest BCUT2D eigenvalue weighted by Crippen LogP contribution is -2.08. The third kappa shape index (κ3) is 3.01. The molecule has 2 aromatic rings. The Kier molecular flexibility index (Phi) is 3.99. The van der Waals surface area contributed by atoms with Crippen molar-refractivity contribution >= 4 is 0 Å². The van der Waals surface area contributed by atoms with Crippen molar-refractivity contribution in [1.29, 1.82) is 0 Å². The zero-order valence-corrected chi connectivity index (χ0v) is 11.6. The number of hydrogen-bond acceptors (Lipinski definition) is 5. The van der Waals surface area contributed by atoms with Crippen LogP contribution in [0.15, 0.2) is 18.5 Å². The van der Waals surface area contributed by atoms with E-state index in [9.17, 15) is 0 Å². The molecule has 0 bridgehead atoms. The summed E-state index contributed by atoms with van der Waals surface area (Å²) in [5.74, 6) is 1.88. The van der Waals surface area contributed by atoms with Crippen molar-refractivity contribution in [3.05, 3.63) is 30.0 Å². The number of aromatic nitrogens is 4. The van der Waals surface area contributed by atoms with Crippen LogP contribution in [0.4, 0.5) is 0 Å². The number of imidazole rings is 1. The second-order valence-corrected chi connectivity index (χ2v) is 4.46. The van der Waals surface area contributed by atoms with Gasteiger partial charge in [0.2, 0.25) is 5.88 Å². The van der Waals surface area contributed by atoms with Crippen LogP contribution in [0.25, 0.3) is 0 Å². The highest BCUT2D eigenvalue weighted by Crippen LogP contribution is 2.17. The Labute approximate surface area is 112 Å². The first-order chi connectivity index (χ1) is 9.13. The van der Waals surface area contributed by atoms with Gasteiger partial charge in [-0.15, -0.1) is 0 Å². The lowest BCUT2D eigenvalue weighted by Gasteiger charge is -2.11. The minimum absolute atomic E-state index is 0.306. The summed E-state index contributed by atoms with van der Waals surface area (Å²) in [6, 6.07) is 2.10. The number of methoxy groups -OCH3 is 2. The van der Waals surface area contributed by atoms with Gasteiger partial charge in [-0.05, 0) is 0 Å². The van der Waals surface area contributed by atoms with Crippen molar-refractivity contribution in [2.75, 3.05) is 14.2 Å². The molecule has 6 nitrogen and oxygen atoms in total. The summed E-state index contributed by atoms with van der Waals surface area (Å²) in [6.07, 6.45) is 3.74.